The summed E-state index contributed by atoms with van der Waals surface area (Å²) in [7, 11) is 1.58. The first-order valence-electron chi connectivity index (χ1n) is 6.86. The summed E-state index contributed by atoms with van der Waals surface area (Å²) < 4.78 is 5.04. The van der Waals surface area contributed by atoms with Crippen molar-refractivity contribution in [1.82, 2.24) is 10.2 Å². The molecule has 6 heteroatoms. The molecule has 116 valence electrons. The van der Waals surface area contributed by atoms with E-state index in [9.17, 15) is 9.59 Å². The molecule has 0 aliphatic carbocycles. The zero-order valence-corrected chi connectivity index (χ0v) is 12.4. The van der Waals surface area contributed by atoms with Crippen LogP contribution in [-0.4, -0.2) is 48.8 Å². The van der Waals surface area contributed by atoms with Crippen molar-refractivity contribution in [3.8, 4) is 0 Å². The first kappa shape index (κ1) is 17.0. The number of aliphatic carboxylic acids is 1. The molecule has 0 saturated carbocycles. The summed E-state index contributed by atoms with van der Waals surface area (Å²) in [5, 5.41) is 11.2. The van der Waals surface area contributed by atoms with E-state index >= 15 is 0 Å². The van der Waals surface area contributed by atoms with Crippen molar-refractivity contribution in [3.63, 3.8) is 0 Å². The lowest BCUT2D eigenvalue weighted by Gasteiger charge is -2.29. The Bertz CT molecular complexity index is 450. The minimum atomic E-state index is -0.935. The van der Waals surface area contributed by atoms with Gasteiger partial charge in [0.25, 0.3) is 0 Å². The zero-order valence-electron chi connectivity index (χ0n) is 12.4. The maximum Gasteiger partial charge on any atom is 0.317 e. The topological polar surface area (TPSA) is 78.9 Å². The van der Waals surface area contributed by atoms with Crippen LogP contribution < -0.4 is 5.32 Å². The Labute approximate surface area is 124 Å². The third kappa shape index (κ3) is 5.83. The Morgan fingerprint density at radius 3 is 2.57 bits per heavy atom. The molecular weight excluding hydrogens is 272 g/mol. The van der Waals surface area contributed by atoms with Crippen molar-refractivity contribution < 1.29 is 19.4 Å². The molecule has 0 aromatic heterocycles. The standard InChI is InChI=1S/C15H22N2O4/c1-12(13-6-4-3-5-7-13)17(10-11-21-2)15(20)16-9-8-14(18)19/h3-7,12H,8-11H2,1-2H3,(H,16,20)(H,18,19). The van der Waals surface area contributed by atoms with Crippen molar-refractivity contribution in [1.29, 1.82) is 0 Å². The summed E-state index contributed by atoms with van der Waals surface area (Å²) in [6, 6.07) is 9.26. The average molecular weight is 294 g/mol. The van der Waals surface area contributed by atoms with Gasteiger partial charge in [-0.1, -0.05) is 30.3 Å². The van der Waals surface area contributed by atoms with E-state index in [0.29, 0.717) is 13.2 Å². The van der Waals surface area contributed by atoms with Crippen molar-refractivity contribution in [2.24, 2.45) is 0 Å². The average Bonchev–Trinajstić information content (AvgIpc) is 2.48. The highest BCUT2D eigenvalue weighted by atomic mass is 16.5. The van der Waals surface area contributed by atoms with E-state index in [1.165, 1.54) is 0 Å². The zero-order chi connectivity index (χ0) is 15.7. The van der Waals surface area contributed by atoms with Crippen LogP contribution in [0.15, 0.2) is 30.3 Å². The largest absolute Gasteiger partial charge is 0.481 e. The number of carboxylic acid groups (broad SMARTS) is 1. The van der Waals surface area contributed by atoms with Gasteiger partial charge in [0.1, 0.15) is 0 Å². The summed E-state index contributed by atoms with van der Waals surface area (Å²) >= 11 is 0. The number of hydrogen-bond acceptors (Lipinski definition) is 3. The summed E-state index contributed by atoms with van der Waals surface area (Å²) in [6.45, 7) is 2.90. The van der Waals surface area contributed by atoms with Crippen LogP contribution in [0.4, 0.5) is 4.79 Å². The Hall–Kier alpha value is -2.08. The number of carbonyl (C=O) groups excluding carboxylic acids is 1. The molecule has 2 amide bonds. The maximum atomic E-state index is 12.2. The predicted molar refractivity (Wildman–Crippen MR) is 79.1 cm³/mol. The molecular formula is C15H22N2O4. The lowest BCUT2D eigenvalue weighted by atomic mass is 10.1. The number of amides is 2. The minimum Gasteiger partial charge on any atom is -0.481 e. The van der Waals surface area contributed by atoms with Gasteiger partial charge < -0.3 is 20.1 Å². The molecule has 1 atom stereocenters. The number of hydrogen-bond donors (Lipinski definition) is 2. The first-order valence-corrected chi connectivity index (χ1v) is 6.86. The second-order valence-electron chi connectivity index (χ2n) is 4.65. The van der Waals surface area contributed by atoms with Crippen molar-refractivity contribution >= 4 is 12.0 Å². The van der Waals surface area contributed by atoms with Gasteiger partial charge in [0.05, 0.1) is 19.1 Å². The third-order valence-electron chi connectivity index (χ3n) is 3.16. The number of carbonyl (C=O) groups is 2. The molecule has 1 aromatic rings. The van der Waals surface area contributed by atoms with Crippen LogP contribution in [0.5, 0.6) is 0 Å². The molecule has 0 bridgehead atoms. The van der Waals surface area contributed by atoms with Crippen LogP contribution in [0.3, 0.4) is 0 Å². The number of carboxylic acids is 1. The SMILES string of the molecule is COCCN(C(=O)NCCC(=O)O)C(C)c1ccccc1. The molecule has 0 saturated heterocycles. The number of benzene rings is 1. The van der Waals surface area contributed by atoms with Crippen LogP contribution in [0, 0.1) is 0 Å². The highest BCUT2D eigenvalue weighted by molar-refractivity contribution is 5.75. The van der Waals surface area contributed by atoms with E-state index in [0.717, 1.165) is 5.56 Å². The molecule has 2 N–H and O–H groups in total. The van der Waals surface area contributed by atoms with E-state index in [1.807, 2.05) is 37.3 Å². The highest BCUT2D eigenvalue weighted by Gasteiger charge is 2.20. The Morgan fingerprint density at radius 1 is 1.33 bits per heavy atom. The Morgan fingerprint density at radius 2 is 2.00 bits per heavy atom. The second kappa shape index (κ2) is 8.97. The van der Waals surface area contributed by atoms with Gasteiger partial charge in [0, 0.05) is 20.2 Å². The number of nitrogens with zero attached hydrogens (tertiary/aromatic N) is 1. The quantitative estimate of drug-likeness (QED) is 0.767. The number of ether oxygens (including phenoxy) is 1. The number of nitrogens with one attached hydrogen (secondary N) is 1. The predicted octanol–water partition coefficient (Wildman–Crippen LogP) is 1.88. The van der Waals surface area contributed by atoms with Crippen LogP contribution >= 0.6 is 0 Å². The lowest BCUT2D eigenvalue weighted by molar-refractivity contribution is -0.136. The molecule has 1 aromatic carbocycles. The van der Waals surface area contributed by atoms with E-state index in [4.69, 9.17) is 9.84 Å². The van der Waals surface area contributed by atoms with Gasteiger partial charge >= 0.3 is 12.0 Å². The second-order valence-corrected chi connectivity index (χ2v) is 4.65. The van der Waals surface area contributed by atoms with Crippen LogP contribution in [0.2, 0.25) is 0 Å². The number of rotatable bonds is 8. The lowest BCUT2D eigenvalue weighted by Crippen LogP contribution is -2.43. The third-order valence-corrected chi connectivity index (χ3v) is 3.16. The van der Waals surface area contributed by atoms with E-state index < -0.39 is 5.97 Å². The molecule has 0 radical (unpaired) electrons. The van der Waals surface area contributed by atoms with E-state index in [2.05, 4.69) is 5.32 Å². The van der Waals surface area contributed by atoms with Crippen LogP contribution in [0.25, 0.3) is 0 Å². The molecule has 1 rings (SSSR count). The summed E-state index contributed by atoms with van der Waals surface area (Å²) in [6.07, 6.45) is -0.0937. The summed E-state index contributed by atoms with van der Waals surface area (Å²) in [4.78, 5) is 24.3. The van der Waals surface area contributed by atoms with Gasteiger partial charge in [-0.15, -0.1) is 0 Å². The van der Waals surface area contributed by atoms with Crippen molar-refractivity contribution in [2.45, 2.75) is 19.4 Å². The molecule has 0 aliphatic rings. The molecule has 1 unspecified atom stereocenters. The summed E-state index contributed by atoms with van der Waals surface area (Å²) in [5.41, 5.74) is 1.02. The smallest absolute Gasteiger partial charge is 0.317 e. The number of urea groups is 1. The first-order chi connectivity index (χ1) is 10.1. The Balaban J connectivity index is 2.69. The summed E-state index contributed by atoms with van der Waals surface area (Å²) in [5.74, 6) is -0.935. The minimum absolute atomic E-state index is 0.0937. The highest BCUT2D eigenvalue weighted by Crippen LogP contribution is 2.19. The molecule has 0 spiro atoms. The van der Waals surface area contributed by atoms with Gasteiger partial charge in [-0.2, -0.15) is 0 Å². The molecule has 0 aliphatic heterocycles. The van der Waals surface area contributed by atoms with Crippen molar-refractivity contribution in [3.05, 3.63) is 35.9 Å². The molecule has 21 heavy (non-hydrogen) atoms. The van der Waals surface area contributed by atoms with Gasteiger partial charge in [-0.3, -0.25) is 4.79 Å². The fraction of sp³-hybridized carbons (Fsp3) is 0.467. The van der Waals surface area contributed by atoms with Crippen LogP contribution in [0.1, 0.15) is 24.9 Å². The Kier molecular flexibility index (Phi) is 7.25. The van der Waals surface area contributed by atoms with E-state index in [1.54, 1.807) is 12.0 Å². The monoisotopic (exact) mass is 294 g/mol. The van der Waals surface area contributed by atoms with Gasteiger partial charge in [-0.25, -0.2) is 4.79 Å². The van der Waals surface area contributed by atoms with Gasteiger partial charge in [0.15, 0.2) is 0 Å². The normalized spacial score (nSPS) is 11.7. The number of methoxy groups -OCH3 is 1. The molecule has 6 nitrogen and oxygen atoms in total. The van der Waals surface area contributed by atoms with E-state index in [-0.39, 0.29) is 25.0 Å². The fourth-order valence-electron chi connectivity index (χ4n) is 1.95. The van der Waals surface area contributed by atoms with Gasteiger partial charge in [-0.05, 0) is 12.5 Å². The maximum absolute atomic E-state index is 12.2. The van der Waals surface area contributed by atoms with Crippen LogP contribution in [-0.2, 0) is 9.53 Å². The van der Waals surface area contributed by atoms with Crippen molar-refractivity contribution in [2.75, 3.05) is 26.8 Å². The molecule has 0 fully saturated rings. The van der Waals surface area contributed by atoms with Gasteiger partial charge in [0.2, 0.25) is 0 Å². The molecule has 0 heterocycles. The fourth-order valence-corrected chi connectivity index (χ4v) is 1.95.